The zero-order valence-corrected chi connectivity index (χ0v) is 11.7. The number of benzene rings is 1. The van der Waals surface area contributed by atoms with Crippen molar-refractivity contribution >= 4 is 11.6 Å². The van der Waals surface area contributed by atoms with Crippen LogP contribution in [0.4, 0.5) is 5.69 Å². The number of hydrogen-bond acceptors (Lipinski definition) is 2. The molecule has 0 aromatic heterocycles. The van der Waals surface area contributed by atoms with E-state index in [4.69, 9.17) is 5.73 Å². The number of nitrogens with zero attached hydrogens (tertiary/aromatic N) is 1. The second-order valence-electron chi connectivity index (χ2n) is 5.51. The van der Waals surface area contributed by atoms with Crippen LogP contribution in [0.1, 0.15) is 36.7 Å². The summed E-state index contributed by atoms with van der Waals surface area (Å²) in [5.41, 5.74) is 7.78. The number of anilines is 1. The molecule has 0 spiro atoms. The second kappa shape index (κ2) is 5.25. The quantitative estimate of drug-likeness (QED) is 0.658. The van der Waals surface area contributed by atoms with Crippen LogP contribution in [0.5, 0.6) is 0 Å². The van der Waals surface area contributed by atoms with E-state index >= 15 is 0 Å². The molecule has 18 heavy (non-hydrogen) atoms. The fraction of sp³-hybridized carbons (Fsp3) is 0.400. The average molecular weight is 246 g/mol. The molecule has 1 amide bonds. The van der Waals surface area contributed by atoms with Crippen LogP contribution in [0, 0.1) is 6.92 Å². The molecule has 98 valence electrons. The standard InChI is InChI=1S/C15H22N2O/c1-6-7-17(15(3,4)5)14(18)12-8-11(2)9-13(16)10-12/h6,8-10H,1,7,16H2,2-5H3. The van der Waals surface area contributed by atoms with Gasteiger partial charge >= 0.3 is 0 Å². The molecule has 0 heterocycles. The maximum atomic E-state index is 12.5. The topological polar surface area (TPSA) is 46.3 Å². The van der Waals surface area contributed by atoms with Crippen LogP contribution in [0.2, 0.25) is 0 Å². The van der Waals surface area contributed by atoms with E-state index in [9.17, 15) is 4.79 Å². The summed E-state index contributed by atoms with van der Waals surface area (Å²) in [5, 5.41) is 0. The molecule has 0 unspecified atom stereocenters. The molecule has 0 radical (unpaired) electrons. The molecule has 1 aromatic carbocycles. The van der Waals surface area contributed by atoms with Crippen molar-refractivity contribution in [3.8, 4) is 0 Å². The Morgan fingerprint density at radius 2 is 2.00 bits per heavy atom. The highest BCUT2D eigenvalue weighted by atomic mass is 16.2. The van der Waals surface area contributed by atoms with Crippen LogP contribution in [-0.2, 0) is 0 Å². The van der Waals surface area contributed by atoms with E-state index in [1.165, 1.54) is 0 Å². The zero-order valence-electron chi connectivity index (χ0n) is 11.7. The smallest absolute Gasteiger partial charge is 0.254 e. The largest absolute Gasteiger partial charge is 0.399 e. The normalized spacial score (nSPS) is 11.1. The van der Waals surface area contributed by atoms with Gasteiger partial charge in [0.2, 0.25) is 0 Å². The number of hydrogen-bond donors (Lipinski definition) is 1. The minimum atomic E-state index is -0.246. The number of carbonyl (C=O) groups excluding carboxylic acids is 1. The third-order valence-corrected chi connectivity index (χ3v) is 2.71. The fourth-order valence-corrected chi connectivity index (χ4v) is 1.88. The molecule has 0 saturated carbocycles. The Kier molecular flexibility index (Phi) is 4.17. The molecular weight excluding hydrogens is 224 g/mol. The summed E-state index contributed by atoms with van der Waals surface area (Å²) < 4.78 is 0. The molecule has 0 saturated heterocycles. The first kappa shape index (κ1) is 14.3. The summed E-state index contributed by atoms with van der Waals surface area (Å²) in [6, 6.07) is 5.43. The van der Waals surface area contributed by atoms with Gasteiger partial charge in [0.05, 0.1) is 0 Å². The number of nitrogens with two attached hydrogens (primary N) is 1. The minimum absolute atomic E-state index is 0.0159. The second-order valence-corrected chi connectivity index (χ2v) is 5.51. The Hall–Kier alpha value is -1.77. The summed E-state index contributed by atoms with van der Waals surface area (Å²) in [4.78, 5) is 14.3. The third kappa shape index (κ3) is 3.36. The zero-order chi connectivity index (χ0) is 13.9. The van der Waals surface area contributed by atoms with Gasteiger partial charge in [0.15, 0.2) is 0 Å². The maximum Gasteiger partial charge on any atom is 0.254 e. The van der Waals surface area contributed by atoms with Gasteiger partial charge in [0, 0.05) is 23.3 Å². The van der Waals surface area contributed by atoms with Crippen molar-refractivity contribution in [2.24, 2.45) is 0 Å². The molecule has 3 nitrogen and oxygen atoms in total. The van der Waals surface area contributed by atoms with Crippen molar-refractivity contribution in [1.29, 1.82) is 0 Å². The van der Waals surface area contributed by atoms with E-state index in [0.29, 0.717) is 17.8 Å². The first-order valence-electron chi connectivity index (χ1n) is 6.05. The lowest BCUT2D eigenvalue weighted by atomic mass is 10.0. The Morgan fingerprint density at radius 1 is 1.39 bits per heavy atom. The maximum absolute atomic E-state index is 12.5. The summed E-state index contributed by atoms with van der Waals surface area (Å²) >= 11 is 0. The van der Waals surface area contributed by atoms with Crippen LogP contribution in [0.25, 0.3) is 0 Å². The van der Waals surface area contributed by atoms with Gasteiger partial charge in [0.25, 0.3) is 5.91 Å². The highest BCUT2D eigenvalue weighted by Gasteiger charge is 2.26. The number of nitrogen functional groups attached to an aromatic ring is 1. The molecule has 0 aliphatic carbocycles. The summed E-state index contributed by atoms with van der Waals surface area (Å²) in [6.45, 7) is 12.2. The van der Waals surface area contributed by atoms with E-state index in [2.05, 4.69) is 6.58 Å². The van der Waals surface area contributed by atoms with Gasteiger partial charge in [-0.15, -0.1) is 6.58 Å². The molecule has 0 bridgehead atoms. The summed E-state index contributed by atoms with van der Waals surface area (Å²) in [6.07, 6.45) is 1.74. The van der Waals surface area contributed by atoms with Gasteiger partial charge in [-0.2, -0.15) is 0 Å². The van der Waals surface area contributed by atoms with Gasteiger partial charge in [-0.05, 0) is 51.5 Å². The summed E-state index contributed by atoms with van der Waals surface area (Å²) in [5.74, 6) is -0.0159. The monoisotopic (exact) mass is 246 g/mol. The lowest BCUT2D eigenvalue weighted by Gasteiger charge is -2.35. The molecule has 0 atom stereocenters. The fourth-order valence-electron chi connectivity index (χ4n) is 1.88. The molecule has 1 aromatic rings. The molecule has 3 heteroatoms. The van der Waals surface area contributed by atoms with Crippen molar-refractivity contribution < 1.29 is 4.79 Å². The van der Waals surface area contributed by atoms with Crippen molar-refractivity contribution in [2.45, 2.75) is 33.2 Å². The van der Waals surface area contributed by atoms with E-state index in [-0.39, 0.29) is 11.4 Å². The minimum Gasteiger partial charge on any atom is -0.399 e. The van der Waals surface area contributed by atoms with E-state index in [0.717, 1.165) is 5.56 Å². The van der Waals surface area contributed by atoms with E-state index in [1.54, 1.807) is 17.0 Å². The van der Waals surface area contributed by atoms with Crippen molar-refractivity contribution in [1.82, 2.24) is 4.90 Å². The van der Waals surface area contributed by atoms with E-state index in [1.807, 2.05) is 39.8 Å². The molecular formula is C15H22N2O. The van der Waals surface area contributed by atoms with Crippen LogP contribution in [0.3, 0.4) is 0 Å². The lowest BCUT2D eigenvalue weighted by Crippen LogP contribution is -2.45. The van der Waals surface area contributed by atoms with Crippen LogP contribution >= 0.6 is 0 Å². The third-order valence-electron chi connectivity index (χ3n) is 2.71. The van der Waals surface area contributed by atoms with Gasteiger partial charge < -0.3 is 10.6 Å². The van der Waals surface area contributed by atoms with Gasteiger partial charge in [0.1, 0.15) is 0 Å². The number of aryl methyl sites for hydroxylation is 1. The predicted molar refractivity (Wildman–Crippen MR) is 76.6 cm³/mol. The Labute approximate surface area is 109 Å². The Balaban J connectivity index is 3.13. The Morgan fingerprint density at radius 3 is 2.44 bits per heavy atom. The van der Waals surface area contributed by atoms with Gasteiger partial charge in [-0.1, -0.05) is 6.08 Å². The van der Waals surface area contributed by atoms with Crippen LogP contribution < -0.4 is 5.73 Å². The van der Waals surface area contributed by atoms with Crippen LogP contribution in [-0.4, -0.2) is 22.9 Å². The van der Waals surface area contributed by atoms with E-state index < -0.39 is 0 Å². The number of rotatable bonds is 3. The Bertz CT molecular complexity index is 438. The SMILES string of the molecule is C=CCN(C(=O)c1cc(C)cc(N)c1)C(C)(C)C. The number of amides is 1. The molecule has 0 aliphatic rings. The highest BCUT2D eigenvalue weighted by Crippen LogP contribution is 2.19. The summed E-state index contributed by atoms with van der Waals surface area (Å²) in [7, 11) is 0. The first-order valence-corrected chi connectivity index (χ1v) is 6.05. The van der Waals surface area contributed by atoms with Crippen LogP contribution in [0.15, 0.2) is 30.9 Å². The molecule has 0 fully saturated rings. The lowest BCUT2D eigenvalue weighted by molar-refractivity contribution is 0.0616. The average Bonchev–Trinajstić information content (AvgIpc) is 2.22. The van der Waals surface area contributed by atoms with Crippen molar-refractivity contribution in [2.75, 3.05) is 12.3 Å². The van der Waals surface area contributed by atoms with Crippen molar-refractivity contribution in [3.63, 3.8) is 0 Å². The van der Waals surface area contributed by atoms with Gasteiger partial charge in [-0.25, -0.2) is 0 Å². The predicted octanol–water partition coefficient (Wildman–Crippen LogP) is 3.00. The molecule has 1 rings (SSSR count). The number of carbonyl (C=O) groups is 1. The van der Waals surface area contributed by atoms with Crippen molar-refractivity contribution in [3.05, 3.63) is 42.0 Å². The molecule has 0 aliphatic heterocycles. The molecule has 2 N–H and O–H groups in total. The van der Waals surface area contributed by atoms with Gasteiger partial charge in [-0.3, -0.25) is 4.79 Å². The highest BCUT2D eigenvalue weighted by molar-refractivity contribution is 5.95. The first-order chi connectivity index (χ1) is 8.25.